The van der Waals surface area contributed by atoms with Gasteiger partial charge in [0.25, 0.3) is 0 Å². The molecular formula is C16H25NO2. The zero-order valence-electron chi connectivity index (χ0n) is 12.2. The number of methoxy groups -OCH3 is 1. The molecule has 1 aliphatic carbocycles. The summed E-state index contributed by atoms with van der Waals surface area (Å²) in [5.41, 5.74) is 1.16. The van der Waals surface area contributed by atoms with Gasteiger partial charge < -0.3 is 14.8 Å². The highest BCUT2D eigenvalue weighted by atomic mass is 16.5. The van der Waals surface area contributed by atoms with Crippen molar-refractivity contribution >= 4 is 0 Å². The first-order chi connectivity index (χ1) is 9.19. The van der Waals surface area contributed by atoms with Crippen molar-refractivity contribution in [2.75, 3.05) is 13.7 Å². The van der Waals surface area contributed by atoms with Gasteiger partial charge in [0.1, 0.15) is 5.75 Å². The van der Waals surface area contributed by atoms with Crippen molar-refractivity contribution < 1.29 is 9.47 Å². The molecule has 19 heavy (non-hydrogen) atoms. The summed E-state index contributed by atoms with van der Waals surface area (Å²) >= 11 is 0. The first kappa shape index (κ1) is 14.4. The van der Waals surface area contributed by atoms with Crippen LogP contribution in [-0.2, 0) is 11.3 Å². The lowest BCUT2D eigenvalue weighted by Crippen LogP contribution is -2.34. The number of ether oxygens (including phenoxy) is 2. The molecule has 0 aromatic heterocycles. The maximum atomic E-state index is 6.05. The van der Waals surface area contributed by atoms with Crippen LogP contribution in [0.25, 0.3) is 0 Å². The van der Waals surface area contributed by atoms with Crippen LogP contribution in [0.5, 0.6) is 5.75 Å². The fourth-order valence-corrected chi connectivity index (χ4v) is 2.02. The Labute approximate surface area is 116 Å². The molecule has 1 aliphatic rings. The number of rotatable bonds is 8. The molecule has 3 nitrogen and oxygen atoms in total. The molecule has 1 aromatic rings. The average molecular weight is 263 g/mol. The first-order valence-corrected chi connectivity index (χ1v) is 7.17. The van der Waals surface area contributed by atoms with Gasteiger partial charge in [-0.2, -0.15) is 0 Å². The van der Waals surface area contributed by atoms with E-state index < -0.39 is 0 Å². The Kier molecular flexibility index (Phi) is 5.23. The molecule has 0 heterocycles. The van der Waals surface area contributed by atoms with E-state index in [1.807, 2.05) is 18.2 Å². The highest BCUT2D eigenvalue weighted by Crippen LogP contribution is 2.20. The van der Waals surface area contributed by atoms with Crippen LogP contribution in [0.2, 0.25) is 0 Å². The third-order valence-corrected chi connectivity index (χ3v) is 3.53. The highest BCUT2D eigenvalue weighted by molar-refractivity contribution is 5.27. The van der Waals surface area contributed by atoms with Crippen molar-refractivity contribution in [3.05, 3.63) is 29.8 Å². The van der Waals surface area contributed by atoms with Crippen molar-refractivity contribution in [1.82, 2.24) is 5.32 Å². The van der Waals surface area contributed by atoms with Gasteiger partial charge in [-0.3, -0.25) is 0 Å². The molecule has 0 saturated heterocycles. The van der Waals surface area contributed by atoms with E-state index in [0.717, 1.165) is 23.9 Å². The molecular weight excluding hydrogens is 238 g/mol. The minimum absolute atomic E-state index is 0.270. The van der Waals surface area contributed by atoms with E-state index in [9.17, 15) is 0 Å². The fourth-order valence-electron chi connectivity index (χ4n) is 2.02. The normalized spacial score (nSPS) is 16.6. The van der Waals surface area contributed by atoms with E-state index in [2.05, 4.69) is 25.2 Å². The first-order valence-electron chi connectivity index (χ1n) is 7.17. The molecule has 3 heteroatoms. The molecule has 1 aromatic carbocycles. The van der Waals surface area contributed by atoms with Gasteiger partial charge in [-0.25, -0.2) is 0 Å². The van der Waals surface area contributed by atoms with E-state index in [1.165, 1.54) is 12.8 Å². The van der Waals surface area contributed by atoms with Crippen LogP contribution >= 0.6 is 0 Å². The number of hydrogen-bond donors (Lipinski definition) is 1. The lowest BCUT2D eigenvalue weighted by molar-refractivity contribution is 0.0111. The predicted octanol–water partition coefficient (Wildman–Crippen LogP) is 2.99. The minimum atomic E-state index is 0.270. The molecule has 0 radical (unpaired) electrons. The number of nitrogens with one attached hydrogen (secondary N) is 1. The summed E-state index contributed by atoms with van der Waals surface area (Å²) < 4.78 is 11.3. The van der Waals surface area contributed by atoms with Crippen molar-refractivity contribution in [3.8, 4) is 5.75 Å². The largest absolute Gasteiger partial charge is 0.497 e. The van der Waals surface area contributed by atoms with Gasteiger partial charge in [0.15, 0.2) is 0 Å². The third-order valence-electron chi connectivity index (χ3n) is 3.53. The Morgan fingerprint density at radius 3 is 2.74 bits per heavy atom. The lowest BCUT2D eigenvalue weighted by atomic mass is 10.1. The molecule has 0 bridgehead atoms. The summed E-state index contributed by atoms with van der Waals surface area (Å²) in [6.07, 6.45) is 2.91. The van der Waals surface area contributed by atoms with Crippen LogP contribution in [0.1, 0.15) is 32.3 Å². The van der Waals surface area contributed by atoms with E-state index in [1.54, 1.807) is 7.11 Å². The quantitative estimate of drug-likeness (QED) is 0.782. The Balaban J connectivity index is 1.82. The molecule has 1 atom stereocenters. The monoisotopic (exact) mass is 263 g/mol. The SMILES string of the molecule is COc1cccc(COC(CNC2CC2)C(C)C)c1. The molecule has 0 aliphatic heterocycles. The van der Waals surface area contributed by atoms with E-state index in [-0.39, 0.29) is 6.10 Å². The van der Waals surface area contributed by atoms with E-state index in [0.29, 0.717) is 12.5 Å². The summed E-state index contributed by atoms with van der Waals surface area (Å²) in [7, 11) is 1.69. The van der Waals surface area contributed by atoms with Gasteiger partial charge in [-0.05, 0) is 36.5 Å². The van der Waals surface area contributed by atoms with E-state index in [4.69, 9.17) is 9.47 Å². The molecule has 0 spiro atoms. The maximum absolute atomic E-state index is 6.05. The Bertz CT molecular complexity index is 388. The molecule has 2 rings (SSSR count). The second-order valence-corrected chi connectivity index (χ2v) is 5.63. The van der Waals surface area contributed by atoms with Gasteiger partial charge in [-0.15, -0.1) is 0 Å². The predicted molar refractivity (Wildman–Crippen MR) is 77.4 cm³/mol. The van der Waals surface area contributed by atoms with Crippen LogP contribution < -0.4 is 10.1 Å². The van der Waals surface area contributed by atoms with Crippen molar-refractivity contribution in [2.24, 2.45) is 5.92 Å². The maximum Gasteiger partial charge on any atom is 0.119 e. The van der Waals surface area contributed by atoms with Gasteiger partial charge in [0.2, 0.25) is 0 Å². The molecule has 1 N–H and O–H groups in total. The van der Waals surface area contributed by atoms with Crippen LogP contribution in [-0.4, -0.2) is 25.8 Å². The second-order valence-electron chi connectivity index (χ2n) is 5.63. The summed E-state index contributed by atoms with van der Waals surface area (Å²) in [4.78, 5) is 0. The van der Waals surface area contributed by atoms with Gasteiger partial charge in [0, 0.05) is 12.6 Å². The molecule has 1 unspecified atom stereocenters. The van der Waals surface area contributed by atoms with Crippen LogP contribution in [0.3, 0.4) is 0 Å². The zero-order valence-corrected chi connectivity index (χ0v) is 12.2. The standard InChI is InChI=1S/C16H25NO2/c1-12(2)16(10-17-14-7-8-14)19-11-13-5-4-6-15(9-13)18-3/h4-6,9,12,14,16-17H,7-8,10-11H2,1-3H3. The van der Waals surface area contributed by atoms with E-state index >= 15 is 0 Å². The minimum Gasteiger partial charge on any atom is -0.497 e. The second kappa shape index (κ2) is 6.92. The zero-order chi connectivity index (χ0) is 13.7. The number of benzene rings is 1. The van der Waals surface area contributed by atoms with Crippen LogP contribution in [0.4, 0.5) is 0 Å². The van der Waals surface area contributed by atoms with Crippen molar-refractivity contribution in [3.63, 3.8) is 0 Å². The highest BCUT2D eigenvalue weighted by Gasteiger charge is 2.23. The van der Waals surface area contributed by atoms with Gasteiger partial charge in [-0.1, -0.05) is 26.0 Å². The number of hydrogen-bond acceptors (Lipinski definition) is 3. The van der Waals surface area contributed by atoms with Crippen LogP contribution in [0, 0.1) is 5.92 Å². The van der Waals surface area contributed by atoms with Gasteiger partial charge >= 0.3 is 0 Å². The Hall–Kier alpha value is -1.06. The summed E-state index contributed by atoms with van der Waals surface area (Å²) in [5, 5.41) is 3.55. The fraction of sp³-hybridized carbons (Fsp3) is 0.625. The summed E-state index contributed by atoms with van der Waals surface area (Å²) in [6.45, 7) is 6.02. The topological polar surface area (TPSA) is 30.5 Å². The molecule has 1 saturated carbocycles. The summed E-state index contributed by atoms with van der Waals surface area (Å²) in [5.74, 6) is 1.41. The molecule has 1 fully saturated rings. The Morgan fingerprint density at radius 2 is 2.11 bits per heavy atom. The Morgan fingerprint density at radius 1 is 1.32 bits per heavy atom. The molecule has 0 amide bonds. The molecule has 106 valence electrons. The lowest BCUT2D eigenvalue weighted by Gasteiger charge is -2.22. The van der Waals surface area contributed by atoms with Gasteiger partial charge in [0.05, 0.1) is 19.8 Å². The smallest absolute Gasteiger partial charge is 0.119 e. The van der Waals surface area contributed by atoms with Crippen molar-refractivity contribution in [1.29, 1.82) is 0 Å². The summed E-state index contributed by atoms with van der Waals surface area (Å²) in [6, 6.07) is 8.81. The average Bonchev–Trinajstić information content (AvgIpc) is 3.22. The third kappa shape index (κ3) is 4.84. The van der Waals surface area contributed by atoms with Crippen molar-refractivity contribution in [2.45, 2.75) is 45.4 Å². The van der Waals surface area contributed by atoms with Crippen LogP contribution in [0.15, 0.2) is 24.3 Å².